The van der Waals surface area contributed by atoms with Gasteiger partial charge in [-0.2, -0.15) is 0 Å². The molecule has 20 heavy (non-hydrogen) atoms. The van der Waals surface area contributed by atoms with Crippen LogP contribution in [0.5, 0.6) is 0 Å². The number of aliphatic carboxylic acids is 1. The summed E-state index contributed by atoms with van der Waals surface area (Å²) in [5, 5.41) is 8.47. The van der Waals surface area contributed by atoms with E-state index < -0.39 is 5.97 Å². The molecular formula is C15H19NO3S. The summed E-state index contributed by atoms with van der Waals surface area (Å²) >= 11 is 1.75. The molecule has 0 spiro atoms. The molecule has 0 saturated heterocycles. The van der Waals surface area contributed by atoms with Gasteiger partial charge in [0.25, 0.3) is 0 Å². The van der Waals surface area contributed by atoms with Crippen LogP contribution in [0.25, 0.3) is 0 Å². The summed E-state index contributed by atoms with van der Waals surface area (Å²) < 4.78 is 0. The molecule has 0 aliphatic heterocycles. The Kier molecular flexibility index (Phi) is 7.04. The normalized spacial score (nSPS) is 11.2. The van der Waals surface area contributed by atoms with Crippen LogP contribution in [0.3, 0.4) is 0 Å². The molecule has 0 heterocycles. The highest BCUT2D eigenvalue weighted by Crippen LogP contribution is 2.19. The fourth-order valence-electron chi connectivity index (χ4n) is 1.53. The van der Waals surface area contributed by atoms with Crippen molar-refractivity contribution in [3.8, 4) is 0 Å². The monoisotopic (exact) mass is 293 g/mol. The number of ketones is 1. The predicted molar refractivity (Wildman–Crippen MR) is 81.4 cm³/mol. The van der Waals surface area contributed by atoms with Crippen molar-refractivity contribution in [1.29, 1.82) is 0 Å². The number of rotatable bonds is 8. The summed E-state index contributed by atoms with van der Waals surface area (Å²) in [6.07, 6.45) is 3.04. The maximum Gasteiger partial charge on any atom is 0.328 e. The van der Waals surface area contributed by atoms with Crippen LogP contribution in [0.4, 0.5) is 0 Å². The average molecular weight is 293 g/mol. The molecule has 0 atom stereocenters. The van der Waals surface area contributed by atoms with Crippen LogP contribution in [0, 0.1) is 0 Å². The molecule has 1 aromatic carbocycles. The zero-order valence-corrected chi connectivity index (χ0v) is 12.5. The van der Waals surface area contributed by atoms with Gasteiger partial charge in [-0.15, -0.1) is 11.8 Å². The van der Waals surface area contributed by atoms with E-state index in [1.165, 1.54) is 0 Å². The first kappa shape index (κ1) is 16.5. The molecule has 5 heteroatoms. The van der Waals surface area contributed by atoms with Gasteiger partial charge >= 0.3 is 5.97 Å². The number of allylic oxidation sites excluding steroid dienone is 1. The van der Waals surface area contributed by atoms with E-state index in [4.69, 9.17) is 5.11 Å². The average Bonchev–Trinajstić information content (AvgIpc) is 2.41. The lowest BCUT2D eigenvalue weighted by Gasteiger charge is -2.08. The number of hydrogen-bond donors (Lipinski definition) is 1. The number of carboxylic acid groups (broad SMARTS) is 1. The van der Waals surface area contributed by atoms with Crippen LogP contribution >= 0.6 is 11.8 Å². The Labute approximate surface area is 123 Å². The van der Waals surface area contributed by atoms with Gasteiger partial charge in [0.1, 0.15) is 0 Å². The van der Waals surface area contributed by atoms with Gasteiger partial charge in [0.2, 0.25) is 0 Å². The highest BCUT2D eigenvalue weighted by atomic mass is 32.2. The zero-order valence-electron chi connectivity index (χ0n) is 11.7. The molecule has 0 amide bonds. The first-order valence-electron chi connectivity index (χ1n) is 6.32. The number of carbonyl (C=O) groups is 2. The number of benzene rings is 1. The largest absolute Gasteiger partial charge is 0.478 e. The molecule has 1 aromatic rings. The third-order valence-corrected chi connectivity index (χ3v) is 3.63. The fraction of sp³-hybridized carbons (Fsp3) is 0.333. The van der Waals surface area contributed by atoms with Gasteiger partial charge < -0.3 is 10.0 Å². The third kappa shape index (κ3) is 6.54. The van der Waals surface area contributed by atoms with Crippen molar-refractivity contribution < 1.29 is 14.7 Å². The molecule has 0 fully saturated rings. The quantitative estimate of drug-likeness (QED) is 0.345. The lowest BCUT2D eigenvalue weighted by Crippen LogP contribution is -2.13. The highest BCUT2D eigenvalue weighted by molar-refractivity contribution is 7.99. The van der Waals surface area contributed by atoms with Gasteiger partial charge in [-0.25, -0.2) is 4.79 Å². The van der Waals surface area contributed by atoms with Crippen LogP contribution in [-0.2, 0) is 4.79 Å². The Balaban J connectivity index is 2.47. The topological polar surface area (TPSA) is 57.6 Å². The maximum atomic E-state index is 11.6. The molecular weight excluding hydrogens is 274 g/mol. The smallest absolute Gasteiger partial charge is 0.328 e. The molecule has 1 N–H and O–H groups in total. The standard InChI is InChI=1S/C15H19NO3S/c1-16(2)10-3-11-20-13-6-4-12(5-7-13)14(17)8-9-15(18)19/h4-9H,3,10-11H2,1-2H3,(H,18,19)/b9-8+. The summed E-state index contributed by atoms with van der Waals surface area (Å²) in [4.78, 5) is 25.2. The number of hydrogen-bond acceptors (Lipinski definition) is 4. The van der Waals surface area contributed by atoms with Gasteiger partial charge in [0, 0.05) is 16.5 Å². The van der Waals surface area contributed by atoms with Crippen molar-refractivity contribution in [3.05, 3.63) is 42.0 Å². The van der Waals surface area contributed by atoms with Crippen LogP contribution in [0.1, 0.15) is 16.8 Å². The SMILES string of the molecule is CN(C)CCCSc1ccc(C(=O)/C=C/C(=O)O)cc1. The van der Waals surface area contributed by atoms with Crippen molar-refractivity contribution in [1.82, 2.24) is 4.90 Å². The van der Waals surface area contributed by atoms with Crippen LogP contribution in [-0.4, -0.2) is 48.2 Å². The number of carbonyl (C=O) groups excluding carboxylic acids is 1. The van der Waals surface area contributed by atoms with Gasteiger partial charge in [-0.1, -0.05) is 0 Å². The third-order valence-electron chi connectivity index (χ3n) is 2.53. The second kappa shape index (κ2) is 8.55. The van der Waals surface area contributed by atoms with Gasteiger partial charge in [-0.3, -0.25) is 4.79 Å². The molecule has 0 unspecified atom stereocenters. The Bertz CT molecular complexity index is 480. The van der Waals surface area contributed by atoms with Crippen molar-refractivity contribution in [3.63, 3.8) is 0 Å². The molecule has 4 nitrogen and oxygen atoms in total. The second-order valence-electron chi connectivity index (χ2n) is 4.57. The molecule has 0 saturated carbocycles. The Morgan fingerprint density at radius 2 is 1.85 bits per heavy atom. The molecule has 0 aliphatic rings. The molecule has 0 bridgehead atoms. The summed E-state index contributed by atoms with van der Waals surface area (Å²) in [6, 6.07) is 7.23. The molecule has 1 rings (SSSR count). The first-order chi connectivity index (χ1) is 9.49. The minimum Gasteiger partial charge on any atom is -0.478 e. The van der Waals surface area contributed by atoms with Crippen LogP contribution in [0.15, 0.2) is 41.3 Å². The maximum absolute atomic E-state index is 11.6. The lowest BCUT2D eigenvalue weighted by molar-refractivity contribution is -0.131. The van der Waals surface area contributed by atoms with E-state index in [9.17, 15) is 9.59 Å². The van der Waals surface area contributed by atoms with Gasteiger partial charge in [0.15, 0.2) is 5.78 Å². The zero-order chi connectivity index (χ0) is 15.0. The van der Waals surface area contributed by atoms with Crippen LogP contribution in [0.2, 0.25) is 0 Å². The van der Waals surface area contributed by atoms with Crippen molar-refractivity contribution >= 4 is 23.5 Å². The fourth-order valence-corrected chi connectivity index (χ4v) is 2.37. The van der Waals surface area contributed by atoms with E-state index in [1.807, 2.05) is 12.1 Å². The minimum atomic E-state index is -1.12. The first-order valence-corrected chi connectivity index (χ1v) is 7.30. The van der Waals surface area contributed by atoms with Gasteiger partial charge in [0.05, 0.1) is 0 Å². The summed E-state index contributed by atoms with van der Waals surface area (Å²) in [6.45, 7) is 1.06. The van der Waals surface area contributed by atoms with Crippen molar-refractivity contribution in [2.24, 2.45) is 0 Å². The van der Waals surface area contributed by atoms with Crippen molar-refractivity contribution in [2.75, 3.05) is 26.4 Å². The van der Waals surface area contributed by atoms with E-state index >= 15 is 0 Å². The second-order valence-corrected chi connectivity index (χ2v) is 5.73. The van der Waals surface area contributed by atoms with Gasteiger partial charge in [-0.05, 0) is 63.2 Å². The van der Waals surface area contributed by atoms with E-state index in [-0.39, 0.29) is 5.78 Å². The summed E-state index contributed by atoms with van der Waals surface area (Å²) in [5.74, 6) is -0.382. The highest BCUT2D eigenvalue weighted by Gasteiger charge is 2.03. The molecule has 0 radical (unpaired) electrons. The van der Waals surface area contributed by atoms with E-state index in [0.717, 1.165) is 35.8 Å². The molecule has 0 aliphatic carbocycles. The Morgan fingerprint density at radius 3 is 2.40 bits per heavy atom. The minimum absolute atomic E-state index is 0.295. The van der Waals surface area contributed by atoms with E-state index in [2.05, 4.69) is 19.0 Å². The number of thioether (sulfide) groups is 1. The van der Waals surface area contributed by atoms with E-state index in [0.29, 0.717) is 5.56 Å². The Morgan fingerprint density at radius 1 is 1.20 bits per heavy atom. The van der Waals surface area contributed by atoms with E-state index in [1.54, 1.807) is 23.9 Å². The Hall–Kier alpha value is -1.59. The predicted octanol–water partition coefficient (Wildman–Crippen LogP) is 2.55. The van der Waals surface area contributed by atoms with Crippen LogP contribution < -0.4 is 0 Å². The number of nitrogens with zero attached hydrogens (tertiary/aromatic N) is 1. The molecule has 0 aromatic heterocycles. The van der Waals surface area contributed by atoms with Crippen molar-refractivity contribution in [2.45, 2.75) is 11.3 Å². The lowest BCUT2D eigenvalue weighted by atomic mass is 10.1. The summed E-state index contributed by atoms with van der Waals surface area (Å²) in [7, 11) is 4.10. The molecule has 108 valence electrons. The summed E-state index contributed by atoms with van der Waals surface area (Å²) in [5.41, 5.74) is 0.500. The number of carboxylic acids is 1.